The van der Waals surface area contributed by atoms with Crippen molar-refractivity contribution >= 4 is 17.3 Å². The van der Waals surface area contributed by atoms with Crippen molar-refractivity contribution in [1.82, 2.24) is 5.32 Å². The average molecular weight is 275 g/mol. The molecule has 0 fully saturated rings. The fourth-order valence-electron chi connectivity index (χ4n) is 1.50. The molecule has 7 heteroatoms. The Kier molecular flexibility index (Phi) is 4.63. The van der Waals surface area contributed by atoms with E-state index in [1.54, 1.807) is 13.8 Å². The number of hydrogen-bond donors (Lipinski definition) is 3. The van der Waals surface area contributed by atoms with Crippen molar-refractivity contribution in [2.45, 2.75) is 26.1 Å². The van der Waals surface area contributed by atoms with Crippen LogP contribution < -0.4 is 16.4 Å². The summed E-state index contributed by atoms with van der Waals surface area (Å²) in [5.74, 6) is -0.248. The molecule has 1 amide bonds. The minimum atomic E-state index is -4.43. The van der Waals surface area contributed by atoms with Gasteiger partial charge in [-0.2, -0.15) is 13.2 Å². The Hall–Kier alpha value is -1.92. The number of nitrogens with two attached hydrogens (primary N) is 1. The Bertz CT molecular complexity index is 460. The largest absolute Gasteiger partial charge is 0.416 e. The zero-order valence-electron chi connectivity index (χ0n) is 10.6. The summed E-state index contributed by atoms with van der Waals surface area (Å²) in [6, 6.07) is 2.39. The lowest BCUT2D eigenvalue weighted by Crippen LogP contribution is -2.37. The van der Waals surface area contributed by atoms with Crippen molar-refractivity contribution in [3.63, 3.8) is 0 Å². The van der Waals surface area contributed by atoms with Crippen LogP contribution >= 0.6 is 0 Å². The predicted octanol–water partition coefficient (Wildman–Crippen LogP) is 2.22. The van der Waals surface area contributed by atoms with E-state index in [4.69, 9.17) is 5.73 Å². The highest BCUT2D eigenvalue weighted by molar-refractivity contribution is 5.85. The number of carbonyl (C=O) groups excluding carboxylic acids is 1. The summed E-state index contributed by atoms with van der Waals surface area (Å²) < 4.78 is 37.4. The van der Waals surface area contributed by atoms with E-state index >= 15 is 0 Å². The number of nitrogen functional groups attached to an aromatic ring is 1. The zero-order chi connectivity index (χ0) is 14.6. The van der Waals surface area contributed by atoms with Crippen LogP contribution in [0.5, 0.6) is 0 Å². The first-order valence-electron chi connectivity index (χ1n) is 5.76. The Balaban J connectivity index is 2.83. The van der Waals surface area contributed by atoms with Crippen LogP contribution in [-0.2, 0) is 11.0 Å². The molecule has 1 aromatic rings. The lowest BCUT2D eigenvalue weighted by molar-refractivity contribution is -0.137. The van der Waals surface area contributed by atoms with Crippen molar-refractivity contribution in [2.75, 3.05) is 17.6 Å². The molecule has 0 saturated heterocycles. The Morgan fingerprint density at radius 3 is 2.53 bits per heavy atom. The predicted molar refractivity (Wildman–Crippen MR) is 67.6 cm³/mol. The van der Waals surface area contributed by atoms with Gasteiger partial charge in [0.1, 0.15) is 6.04 Å². The molecular weight excluding hydrogens is 259 g/mol. The molecule has 0 heterocycles. The van der Waals surface area contributed by atoms with Crippen molar-refractivity contribution in [2.24, 2.45) is 0 Å². The van der Waals surface area contributed by atoms with E-state index in [1.165, 1.54) is 6.07 Å². The van der Waals surface area contributed by atoms with Crippen molar-refractivity contribution in [1.29, 1.82) is 0 Å². The van der Waals surface area contributed by atoms with Crippen LogP contribution in [0.4, 0.5) is 24.5 Å². The van der Waals surface area contributed by atoms with Gasteiger partial charge in [-0.3, -0.25) is 4.79 Å². The molecule has 1 aromatic carbocycles. The Morgan fingerprint density at radius 1 is 1.42 bits per heavy atom. The maximum atomic E-state index is 12.5. The quantitative estimate of drug-likeness (QED) is 0.738. The number of amides is 1. The summed E-state index contributed by atoms with van der Waals surface area (Å²) in [7, 11) is 0. The molecule has 1 atom stereocenters. The van der Waals surface area contributed by atoms with Gasteiger partial charge in [0.05, 0.1) is 16.9 Å². The maximum absolute atomic E-state index is 12.5. The van der Waals surface area contributed by atoms with Gasteiger partial charge in [-0.1, -0.05) is 0 Å². The van der Waals surface area contributed by atoms with E-state index in [9.17, 15) is 18.0 Å². The summed E-state index contributed by atoms with van der Waals surface area (Å²) in [5.41, 5.74) is 4.98. The number of halogens is 3. The first-order valence-corrected chi connectivity index (χ1v) is 5.76. The molecule has 1 unspecified atom stereocenters. The smallest absolute Gasteiger partial charge is 0.397 e. The normalized spacial score (nSPS) is 12.9. The topological polar surface area (TPSA) is 67.2 Å². The number of rotatable bonds is 4. The van der Waals surface area contributed by atoms with E-state index in [0.29, 0.717) is 12.2 Å². The van der Waals surface area contributed by atoms with Crippen molar-refractivity contribution in [3.8, 4) is 0 Å². The maximum Gasteiger partial charge on any atom is 0.416 e. The van der Waals surface area contributed by atoms with E-state index < -0.39 is 17.8 Å². The second-order valence-electron chi connectivity index (χ2n) is 4.06. The first kappa shape index (κ1) is 15.1. The average Bonchev–Trinajstić information content (AvgIpc) is 2.30. The third-order valence-corrected chi connectivity index (χ3v) is 2.50. The first-order chi connectivity index (χ1) is 8.75. The third kappa shape index (κ3) is 4.04. The van der Waals surface area contributed by atoms with Gasteiger partial charge in [0.15, 0.2) is 0 Å². The van der Waals surface area contributed by atoms with Crippen LogP contribution in [0.25, 0.3) is 0 Å². The number of likely N-dealkylation sites (N-methyl/N-ethyl adjacent to an activating group) is 1. The number of hydrogen-bond acceptors (Lipinski definition) is 3. The Labute approximate surface area is 109 Å². The van der Waals surface area contributed by atoms with Crippen LogP contribution in [0, 0.1) is 0 Å². The van der Waals surface area contributed by atoms with Gasteiger partial charge in [-0.15, -0.1) is 0 Å². The van der Waals surface area contributed by atoms with Gasteiger partial charge in [-0.05, 0) is 32.0 Å². The van der Waals surface area contributed by atoms with Crippen LogP contribution in [0.15, 0.2) is 18.2 Å². The Morgan fingerprint density at radius 2 is 2.05 bits per heavy atom. The second kappa shape index (κ2) is 5.81. The van der Waals surface area contributed by atoms with Gasteiger partial charge in [0.25, 0.3) is 0 Å². The number of anilines is 2. The molecule has 106 valence electrons. The van der Waals surface area contributed by atoms with Crippen molar-refractivity contribution < 1.29 is 18.0 Å². The van der Waals surface area contributed by atoms with Crippen LogP contribution in [0.3, 0.4) is 0 Å². The summed E-state index contributed by atoms with van der Waals surface area (Å²) in [6.45, 7) is 3.85. The van der Waals surface area contributed by atoms with Crippen LogP contribution in [0.2, 0.25) is 0 Å². The molecule has 1 rings (SSSR count). The molecular formula is C12H16F3N3O. The monoisotopic (exact) mass is 275 g/mol. The van der Waals surface area contributed by atoms with E-state index in [0.717, 1.165) is 12.1 Å². The highest BCUT2D eigenvalue weighted by Crippen LogP contribution is 2.32. The third-order valence-electron chi connectivity index (χ3n) is 2.50. The fourth-order valence-corrected chi connectivity index (χ4v) is 1.50. The van der Waals surface area contributed by atoms with E-state index in [-0.39, 0.29) is 11.6 Å². The number of alkyl halides is 3. The minimum Gasteiger partial charge on any atom is -0.397 e. The molecule has 0 aliphatic rings. The number of nitrogens with one attached hydrogen (secondary N) is 2. The standard InChI is InChI=1S/C12H16F3N3O/c1-3-17-11(19)7(2)18-10-5-4-8(6-9(10)16)12(13,14)15/h4-7,18H,3,16H2,1-2H3,(H,17,19). The van der Waals surface area contributed by atoms with E-state index in [2.05, 4.69) is 10.6 Å². The van der Waals surface area contributed by atoms with Gasteiger partial charge in [0, 0.05) is 6.54 Å². The van der Waals surface area contributed by atoms with Crippen LogP contribution in [0.1, 0.15) is 19.4 Å². The molecule has 19 heavy (non-hydrogen) atoms. The molecule has 4 N–H and O–H groups in total. The summed E-state index contributed by atoms with van der Waals surface area (Å²) in [6.07, 6.45) is -4.43. The summed E-state index contributed by atoms with van der Waals surface area (Å²) >= 11 is 0. The summed E-state index contributed by atoms with van der Waals surface area (Å²) in [4.78, 5) is 11.5. The molecule has 0 saturated carbocycles. The molecule has 0 spiro atoms. The molecule has 0 bridgehead atoms. The van der Waals surface area contributed by atoms with E-state index in [1.807, 2.05) is 0 Å². The highest BCUT2D eigenvalue weighted by atomic mass is 19.4. The number of benzene rings is 1. The van der Waals surface area contributed by atoms with Gasteiger partial charge >= 0.3 is 6.18 Å². The van der Waals surface area contributed by atoms with Gasteiger partial charge < -0.3 is 16.4 Å². The molecule has 0 aliphatic heterocycles. The van der Waals surface area contributed by atoms with Gasteiger partial charge in [-0.25, -0.2) is 0 Å². The molecule has 4 nitrogen and oxygen atoms in total. The van der Waals surface area contributed by atoms with Crippen LogP contribution in [-0.4, -0.2) is 18.5 Å². The lowest BCUT2D eigenvalue weighted by atomic mass is 10.1. The second-order valence-corrected chi connectivity index (χ2v) is 4.06. The fraction of sp³-hybridized carbons (Fsp3) is 0.417. The minimum absolute atomic E-state index is 0.0500. The molecule has 0 aromatic heterocycles. The van der Waals surface area contributed by atoms with Gasteiger partial charge in [0.2, 0.25) is 5.91 Å². The zero-order valence-corrected chi connectivity index (χ0v) is 10.6. The highest BCUT2D eigenvalue weighted by Gasteiger charge is 2.30. The lowest BCUT2D eigenvalue weighted by Gasteiger charge is -2.17. The number of carbonyl (C=O) groups is 1. The summed E-state index contributed by atoms with van der Waals surface area (Å²) in [5, 5.41) is 5.37. The SMILES string of the molecule is CCNC(=O)C(C)Nc1ccc(C(F)(F)F)cc1N. The van der Waals surface area contributed by atoms with Crippen molar-refractivity contribution in [3.05, 3.63) is 23.8 Å². The molecule has 0 radical (unpaired) electrons. The molecule has 0 aliphatic carbocycles.